The average molecular weight is 255 g/mol. The van der Waals surface area contributed by atoms with Crippen molar-refractivity contribution in [1.82, 2.24) is 10.2 Å². The van der Waals surface area contributed by atoms with Gasteiger partial charge in [0.2, 0.25) is 5.91 Å². The van der Waals surface area contributed by atoms with Gasteiger partial charge in [-0.05, 0) is 31.6 Å². The molecular formula is C14H29N3O. The number of nitrogens with two attached hydrogens (primary N) is 1. The van der Waals surface area contributed by atoms with Gasteiger partial charge in [-0.3, -0.25) is 9.69 Å². The van der Waals surface area contributed by atoms with Crippen LogP contribution in [0.4, 0.5) is 0 Å². The minimum absolute atomic E-state index is 0.132. The Morgan fingerprint density at radius 2 is 2.00 bits per heavy atom. The summed E-state index contributed by atoms with van der Waals surface area (Å²) >= 11 is 0. The Labute approximate surface area is 111 Å². The third-order valence-corrected chi connectivity index (χ3v) is 3.70. The van der Waals surface area contributed by atoms with Crippen LogP contribution in [0.2, 0.25) is 0 Å². The maximum absolute atomic E-state index is 11.9. The van der Waals surface area contributed by atoms with E-state index in [0.717, 1.165) is 25.9 Å². The van der Waals surface area contributed by atoms with Crippen molar-refractivity contribution in [3.8, 4) is 0 Å². The molecule has 1 aliphatic heterocycles. The molecule has 4 nitrogen and oxygen atoms in total. The van der Waals surface area contributed by atoms with Crippen molar-refractivity contribution < 1.29 is 4.79 Å². The Bertz CT molecular complexity index is 258. The normalized spacial score (nSPS) is 26.6. The summed E-state index contributed by atoms with van der Waals surface area (Å²) in [4.78, 5) is 14.0. The lowest BCUT2D eigenvalue weighted by Crippen LogP contribution is -2.41. The molecule has 0 aromatic carbocycles. The van der Waals surface area contributed by atoms with E-state index in [1.165, 1.54) is 0 Å². The number of nitrogens with one attached hydrogen (secondary N) is 1. The summed E-state index contributed by atoms with van der Waals surface area (Å²) in [6.07, 6.45) is 2.21. The van der Waals surface area contributed by atoms with E-state index < -0.39 is 0 Å². The standard InChI is InChI=1S/C14H29N3O/c1-10(2)5-6-12(4)16-14(18)9-17-7-11(3)13(15)8-17/h10-13H,5-9,15H2,1-4H3,(H,16,18). The highest BCUT2D eigenvalue weighted by Crippen LogP contribution is 2.13. The number of hydrogen-bond acceptors (Lipinski definition) is 3. The maximum atomic E-state index is 11.9. The van der Waals surface area contributed by atoms with Gasteiger partial charge in [-0.1, -0.05) is 20.8 Å². The fourth-order valence-corrected chi connectivity index (χ4v) is 2.40. The van der Waals surface area contributed by atoms with E-state index in [1.54, 1.807) is 0 Å². The molecule has 1 fully saturated rings. The summed E-state index contributed by atoms with van der Waals surface area (Å²) in [6, 6.07) is 0.491. The Hall–Kier alpha value is -0.610. The van der Waals surface area contributed by atoms with E-state index in [2.05, 4.69) is 37.9 Å². The zero-order chi connectivity index (χ0) is 13.7. The molecule has 1 rings (SSSR count). The van der Waals surface area contributed by atoms with Crippen molar-refractivity contribution in [2.24, 2.45) is 17.6 Å². The molecule has 0 spiro atoms. The van der Waals surface area contributed by atoms with Gasteiger partial charge in [-0.25, -0.2) is 0 Å². The summed E-state index contributed by atoms with van der Waals surface area (Å²) < 4.78 is 0. The van der Waals surface area contributed by atoms with E-state index in [-0.39, 0.29) is 18.0 Å². The molecule has 4 heteroatoms. The molecule has 0 aliphatic carbocycles. The first-order chi connectivity index (χ1) is 8.38. The molecule has 106 valence electrons. The molecule has 1 heterocycles. The second-order valence-electron chi connectivity index (χ2n) is 6.27. The molecule has 18 heavy (non-hydrogen) atoms. The molecule has 0 bridgehead atoms. The van der Waals surface area contributed by atoms with Crippen molar-refractivity contribution in [2.45, 2.75) is 52.6 Å². The summed E-state index contributed by atoms with van der Waals surface area (Å²) in [5, 5.41) is 3.07. The average Bonchev–Trinajstić information content (AvgIpc) is 2.54. The molecule has 0 saturated carbocycles. The number of rotatable bonds is 6. The van der Waals surface area contributed by atoms with Crippen molar-refractivity contribution in [3.05, 3.63) is 0 Å². The van der Waals surface area contributed by atoms with E-state index in [4.69, 9.17) is 5.73 Å². The second kappa shape index (κ2) is 7.10. The van der Waals surface area contributed by atoms with Gasteiger partial charge in [-0.15, -0.1) is 0 Å². The highest BCUT2D eigenvalue weighted by atomic mass is 16.2. The number of likely N-dealkylation sites (tertiary alicyclic amines) is 1. The van der Waals surface area contributed by atoms with Crippen LogP contribution in [-0.4, -0.2) is 42.5 Å². The van der Waals surface area contributed by atoms with Crippen LogP contribution in [0.3, 0.4) is 0 Å². The highest BCUT2D eigenvalue weighted by Gasteiger charge is 2.27. The number of carbonyl (C=O) groups is 1. The lowest BCUT2D eigenvalue weighted by molar-refractivity contribution is -0.122. The summed E-state index contributed by atoms with van der Waals surface area (Å²) in [5.41, 5.74) is 5.95. The van der Waals surface area contributed by atoms with Crippen LogP contribution in [0, 0.1) is 11.8 Å². The fourth-order valence-electron chi connectivity index (χ4n) is 2.40. The molecule has 0 aromatic heterocycles. The number of hydrogen-bond donors (Lipinski definition) is 2. The Kier molecular flexibility index (Phi) is 6.09. The molecule has 1 aliphatic rings. The summed E-state index contributed by atoms with van der Waals surface area (Å²) in [5.74, 6) is 1.32. The van der Waals surface area contributed by atoms with Crippen LogP contribution >= 0.6 is 0 Å². The third-order valence-electron chi connectivity index (χ3n) is 3.70. The molecule has 3 atom stereocenters. The lowest BCUT2D eigenvalue weighted by atomic mass is 10.0. The van der Waals surface area contributed by atoms with Gasteiger partial charge >= 0.3 is 0 Å². The largest absolute Gasteiger partial charge is 0.353 e. The van der Waals surface area contributed by atoms with Crippen LogP contribution < -0.4 is 11.1 Å². The second-order valence-corrected chi connectivity index (χ2v) is 6.27. The van der Waals surface area contributed by atoms with Crippen molar-refractivity contribution in [1.29, 1.82) is 0 Å². The summed E-state index contributed by atoms with van der Waals surface area (Å²) in [7, 11) is 0. The maximum Gasteiger partial charge on any atom is 0.234 e. The van der Waals surface area contributed by atoms with Crippen molar-refractivity contribution in [2.75, 3.05) is 19.6 Å². The van der Waals surface area contributed by atoms with Gasteiger partial charge in [-0.2, -0.15) is 0 Å². The van der Waals surface area contributed by atoms with Crippen molar-refractivity contribution in [3.63, 3.8) is 0 Å². The molecule has 3 unspecified atom stereocenters. The van der Waals surface area contributed by atoms with Crippen LogP contribution in [0.5, 0.6) is 0 Å². The van der Waals surface area contributed by atoms with Crippen LogP contribution in [0.15, 0.2) is 0 Å². The first-order valence-electron chi connectivity index (χ1n) is 7.15. The van der Waals surface area contributed by atoms with Gasteiger partial charge in [0, 0.05) is 25.2 Å². The lowest BCUT2D eigenvalue weighted by Gasteiger charge is -2.19. The molecule has 3 N–H and O–H groups in total. The van der Waals surface area contributed by atoms with Gasteiger partial charge < -0.3 is 11.1 Å². The van der Waals surface area contributed by atoms with E-state index >= 15 is 0 Å². The van der Waals surface area contributed by atoms with E-state index in [9.17, 15) is 4.79 Å². The highest BCUT2D eigenvalue weighted by molar-refractivity contribution is 5.78. The zero-order valence-corrected chi connectivity index (χ0v) is 12.3. The zero-order valence-electron chi connectivity index (χ0n) is 12.3. The quantitative estimate of drug-likeness (QED) is 0.750. The molecule has 0 radical (unpaired) electrons. The minimum atomic E-state index is 0.132. The Balaban J connectivity index is 2.21. The third kappa shape index (κ3) is 5.36. The van der Waals surface area contributed by atoms with Gasteiger partial charge in [0.05, 0.1) is 6.54 Å². The smallest absolute Gasteiger partial charge is 0.234 e. The van der Waals surface area contributed by atoms with Crippen LogP contribution in [0.25, 0.3) is 0 Å². The fraction of sp³-hybridized carbons (Fsp3) is 0.929. The number of carbonyl (C=O) groups excluding carboxylic acids is 1. The number of nitrogens with zero attached hydrogens (tertiary/aromatic N) is 1. The van der Waals surface area contributed by atoms with Crippen molar-refractivity contribution >= 4 is 5.91 Å². The predicted molar refractivity (Wildman–Crippen MR) is 75.3 cm³/mol. The van der Waals surface area contributed by atoms with Gasteiger partial charge in [0.25, 0.3) is 0 Å². The molecular weight excluding hydrogens is 226 g/mol. The van der Waals surface area contributed by atoms with Gasteiger partial charge in [0.1, 0.15) is 0 Å². The Morgan fingerprint density at radius 3 is 2.50 bits per heavy atom. The van der Waals surface area contributed by atoms with Gasteiger partial charge in [0.15, 0.2) is 0 Å². The molecule has 0 aromatic rings. The molecule has 1 amide bonds. The topological polar surface area (TPSA) is 58.4 Å². The first-order valence-corrected chi connectivity index (χ1v) is 7.15. The minimum Gasteiger partial charge on any atom is -0.353 e. The Morgan fingerprint density at radius 1 is 1.33 bits per heavy atom. The van der Waals surface area contributed by atoms with E-state index in [1.807, 2.05) is 0 Å². The molecule has 1 saturated heterocycles. The number of amides is 1. The monoisotopic (exact) mass is 255 g/mol. The van der Waals surface area contributed by atoms with E-state index in [0.29, 0.717) is 18.4 Å². The SMILES string of the molecule is CC(C)CCC(C)NC(=O)CN1CC(C)C(N)C1. The first kappa shape index (κ1) is 15.4. The summed E-state index contributed by atoms with van der Waals surface area (Å²) in [6.45, 7) is 10.9. The predicted octanol–water partition coefficient (Wildman–Crippen LogP) is 1.21. The van der Waals surface area contributed by atoms with Crippen LogP contribution in [0.1, 0.15) is 40.5 Å². The van der Waals surface area contributed by atoms with Crippen LogP contribution in [-0.2, 0) is 4.79 Å².